The number of aliphatic hydroxyl groups excluding tert-OH is 5. The number of aliphatic hydroxyl groups is 5. The van der Waals surface area contributed by atoms with Gasteiger partial charge >= 0.3 is 21.3 Å². The number of aromatic amines is 1. The van der Waals surface area contributed by atoms with Gasteiger partial charge in [-0.1, -0.05) is 0 Å². The summed E-state index contributed by atoms with van der Waals surface area (Å²) in [4.78, 5) is 56.6. The van der Waals surface area contributed by atoms with Crippen molar-refractivity contribution in [2.24, 2.45) is 5.92 Å². The van der Waals surface area contributed by atoms with Crippen LogP contribution in [0.2, 0.25) is 0 Å². The highest BCUT2D eigenvalue weighted by molar-refractivity contribution is 7.61. The molecule has 2 aliphatic heterocycles. The normalized spacial score (nSPS) is 36.3. The molecule has 19 nitrogen and oxygen atoms in total. The zero-order chi connectivity index (χ0) is 29.3. The molecule has 39 heavy (non-hydrogen) atoms. The topological polar surface area (TPSA) is 294 Å². The van der Waals surface area contributed by atoms with Crippen molar-refractivity contribution >= 4 is 21.4 Å². The summed E-state index contributed by atoms with van der Waals surface area (Å²) in [5, 5.41) is 50.0. The van der Waals surface area contributed by atoms with E-state index in [9.17, 15) is 58.8 Å². The van der Waals surface area contributed by atoms with Crippen LogP contribution in [0.15, 0.2) is 21.9 Å². The summed E-state index contributed by atoms with van der Waals surface area (Å²) in [6.45, 7) is -0.788. The highest BCUT2D eigenvalue weighted by atomic mass is 31.3. The maximum absolute atomic E-state index is 12.5. The van der Waals surface area contributed by atoms with Gasteiger partial charge in [-0.2, -0.15) is 4.31 Å². The van der Waals surface area contributed by atoms with Crippen molar-refractivity contribution in [3.8, 4) is 0 Å². The number of rotatable bonds is 11. The predicted octanol–water partition coefficient (Wildman–Crippen LogP) is -3.56. The summed E-state index contributed by atoms with van der Waals surface area (Å²) in [7, 11) is -11.1. The molecule has 2 fully saturated rings. The number of phosphoric ester groups is 2. The van der Waals surface area contributed by atoms with Crippen molar-refractivity contribution in [2.75, 3.05) is 13.2 Å². The lowest BCUT2D eigenvalue weighted by Gasteiger charge is -2.41. The zero-order valence-corrected chi connectivity index (χ0v) is 21.8. The standard InChI is InChI=1S/C18H28N2O17P2/c1-7(22)4-8-12(24)13(25)9(5-21)35-17(8)36-39(31,32)37-38(29,30)33-6-10-14(26)15(27)16(34-10)20-3-2-11(23)19-18(20)28/h2-3,8-10,12-17,21,24-27H,4-6H2,1H3,(H,29,30)(H,31,32)(H,19,23,28)/t8?,9?,10-,12-,13+,14+,15?,16-,17-/m1/s1. The molecule has 21 heteroatoms. The van der Waals surface area contributed by atoms with E-state index >= 15 is 0 Å². The third-order valence-electron chi connectivity index (χ3n) is 5.84. The number of ether oxygens (including phenoxy) is 2. The molecule has 0 saturated carbocycles. The number of carbonyl (C=O) groups is 1. The fraction of sp³-hybridized carbons (Fsp3) is 0.722. The molecular weight excluding hydrogens is 578 g/mol. The maximum Gasteiger partial charge on any atom is 0.483 e. The molecule has 8 N–H and O–H groups in total. The molecule has 5 unspecified atom stereocenters. The van der Waals surface area contributed by atoms with Gasteiger partial charge in [-0.25, -0.2) is 13.9 Å². The number of hydrogen-bond acceptors (Lipinski definition) is 15. The number of hydrogen-bond donors (Lipinski definition) is 8. The molecule has 3 rings (SSSR count). The SMILES string of the molecule is CC(=O)CC1[C@@H](OP(=O)(O)OP(=O)(O)OC[C@H]2O[C@@H](n3ccc(=O)[nH]c3=O)C(O)[C@H]2O)OC(CO)[C@H](O)[C@@H]1O. The van der Waals surface area contributed by atoms with Crippen LogP contribution in [0, 0.1) is 5.92 Å². The van der Waals surface area contributed by atoms with E-state index in [1.165, 1.54) is 0 Å². The Bertz CT molecular complexity index is 1240. The van der Waals surface area contributed by atoms with E-state index in [0.29, 0.717) is 0 Å². The van der Waals surface area contributed by atoms with Crippen molar-refractivity contribution in [2.45, 2.75) is 62.5 Å². The van der Waals surface area contributed by atoms with Crippen LogP contribution in [-0.2, 0) is 36.8 Å². The molecule has 2 aliphatic rings. The number of phosphoric acid groups is 2. The average molecular weight is 606 g/mol. The van der Waals surface area contributed by atoms with Gasteiger partial charge in [0.25, 0.3) is 5.56 Å². The van der Waals surface area contributed by atoms with Gasteiger partial charge in [0.2, 0.25) is 0 Å². The van der Waals surface area contributed by atoms with Crippen LogP contribution >= 0.6 is 15.6 Å². The van der Waals surface area contributed by atoms with Gasteiger partial charge in [0, 0.05) is 24.6 Å². The van der Waals surface area contributed by atoms with Crippen molar-refractivity contribution in [1.29, 1.82) is 0 Å². The van der Waals surface area contributed by atoms with Gasteiger partial charge in [-0.3, -0.25) is 23.4 Å². The van der Waals surface area contributed by atoms with E-state index in [2.05, 4.69) is 8.83 Å². The molecule has 3 heterocycles. The van der Waals surface area contributed by atoms with Crippen LogP contribution in [0.4, 0.5) is 0 Å². The molecule has 0 aromatic carbocycles. The van der Waals surface area contributed by atoms with Crippen LogP contribution < -0.4 is 11.2 Å². The first-order chi connectivity index (χ1) is 18.0. The van der Waals surface area contributed by atoms with Gasteiger partial charge in [0.05, 0.1) is 19.3 Å². The lowest BCUT2D eigenvalue weighted by molar-refractivity contribution is -0.263. The number of H-pyrrole nitrogens is 1. The number of nitrogens with one attached hydrogen (secondary N) is 1. The lowest BCUT2D eigenvalue weighted by atomic mass is 9.87. The monoisotopic (exact) mass is 606 g/mol. The molecule has 0 amide bonds. The number of ketones is 1. The van der Waals surface area contributed by atoms with Crippen molar-refractivity contribution < 1.29 is 72.1 Å². The minimum atomic E-state index is -5.59. The van der Waals surface area contributed by atoms with Crippen LogP contribution in [0.1, 0.15) is 19.6 Å². The van der Waals surface area contributed by atoms with E-state index in [-0.39, 0.29) is 0 Å². The quantitative estimate of drug-likeness (QED) is 0.113. The first-order valence-corrected chi connectivity index (χ1v) is 14.2. The highest BCUT2D eigenvalue weighted by Crippen LogP contribution is 2.62. The third-order valence-corrected chi connectivity index (χ3v) is 8.44. The summed E-state index contributed by atoms with van der Waals surface area (Å²) in [6.07, 6.45) is -13.2. The zero-order valence-electron chi connectivity index (χ0n) is 20.0. The molecule has 11 atom stereocenters. The Morgan fingerprint density at radius 2 is 1.67 bits per heavy atom. The fourth-order valence-electron chi connectivity index (χ4n) is 3.99. The highest BCUT2D eigenvalue weighted by Gasteiger charge is 2.50. The fourth-order valence-corrected chi connectivity index (χ4v) is 6.18. The van der Waals surface area contributed by atoms with Gasteiger partial charge in [-0.05, 0) is 6.92 Å². The van der Waals surface area contributed by atoms with Crippen LogP contribution in [0.3, 0.4) is 0 Å². The number of Topliss-reactive ketones (excluding diaryl/α,β-unsaturated/α-hetero) is 1. The molecule has 222 valence electrons. The predicted molar refractivity (Wildman–Crippen MR) is 122 cm³/mol. The van der Waals surface area contributed by atoms with Crippen molar-refractivity contribution in [3.05, 3.63) is 33.1 Å². The summed E-state index contributed by atoms with van der Waals surface area (Å²) in [6, 6.07) is 0.932. The van der Waals surface area contributed by atoms with Crippen LogP contribution in [0.25, 0.3) is 0 Å². The maximum atomic E-state index is 12.5. The molecule has 0 radical (unpaired) electrons. The Labute approximate surface area is 218 Å². The lowest BCUT2D eigenvalue weighted by Crippen LogP contribution is -2.56. The van der Waals surface area contributed by atoms with Gasteiger partial charge < -0.3 is 49.6 Å². The largest absolute Gasteiger partial charge is 0.483 e. The second-order valence-electron chi connectivity index (χ2n) is 8.76. The molecule has 1 aromatic rings. The first-order valence-electron chi connectivity index (χ1n) is 11.2. The van der Waals surface area contributed by atoms with E-state index in [4.69, 9.17) is 14.0 Å². The second-order valence-corrected chi connectivity index (χ2v) is 11.8. The Morgan fingerprint density at radius 1 is 1.03 bits per heavy atom. The van der Waals surface area contributed by atoms with E-state index in [1.54, 1.807) is 0 Å². The average Bonchev–Trinajstić information content (AvgIpc) is 3.10. The first kappa shape index (κ1) is 31.9. The summed E-state index contributed by atoms with van der Waals surface area (Å²) < 4.78 is 49.4. The summed E-state index contributed by atoms with van der Waals surface area (Å²) >= 11 is 0. The molecule has 0 bridgehead atoms. The Morgan fingerprint density at radius 3 is 2.26 bits per heavy atom. The van der Waals surface area contributed by atoms with Crippen LogP contribution in [-0.4, -0.2) is 107 Å². The van der Waals surface area contributed by atoms with E-state index < -0.39 is 107 Å². The second kappa shape index (κ2) is 12.5. The molecule has 1 aromatic heterocycles. The van der Waals surface area contributed by atoms with Gasteiger partial charge in [0.1, 0.15) is 36.3 Å². The smallest absolute Gasteiger partial charge is 0.394 e. The minimum Gasteiger partial charge on any atom is -0.394 e. The summed E-state index contributed by atoms with van der Waals surface area (Å²) in [5.41, 5.74) is -1.74. The van der Waals surface area contributed by atoms with E-state index in [0.717, 1.165) is 23.8 Å². The molecular formula is C18H28N2O17P2. The third kappa shape index (κ3) is 7.75. The van der Waals surface area contributed by atoms with Gasteiger partial charge in [-0.15, -0.1) is 0 Å². The van der Waals surface area contributed by atoms with E-state index in [1.807, 2.05) is 4.98 Å². The Balaban J connectivity index is 1.66. The minimum absolute atomic E-state index is 0.521. The Kier molecular flexibility index (Phi) is 10.2. The number of carbonyl (C=O) groups excluding carboxylic acids is 1. The number of nitrogens with zero attached hydrogens (tertiary/aromatic N) is 1. The molecule has 0 spiro atoms. The van der Waals surface area contributed by atoms with Crippen molar-refractivity contribution in [1.82, 2.24) is 9.55 Å². The molecule has 2 saturated heterocycles. The van der Waals surface area contributed by atoms with Crippen LogP contribution in [0.5, 0.6) is 0 Å². The number of aromatic nitrogens is 2. The summed E-state index contributed by atoms with van der Waals surface area (Å²) in [5.74, 6) is -1.99. The van der Waals surface area contributed by atoms with Crippen molar-refractivity contribution in [3.63, 3.8) is 0 Å². The van der Waals surface area contributed by atoms with Gasteiger partial charge in [0.15, 0.2) is 12.5 Å². The Hall–Kier alpha value is -1.67. The molecule has 0 aliphatic carbocycles.